The molecular weight excluding hydrogens is 487 g/mol. The molecule has 1 aliphatic heterocycles. The SMILES string of the molecule is O=C1NN(c2ccccc2)C(=O)/C1=C\c1cc(Cl)cc(Br)c1OCc1cccc(F)c1. The van der Waals surface area contributed by atoms with Crippen LogP contribution in [0.15, 0.2) is 76.8 Å². The van der Waals surface area contributed by atoms with Crippen LogP contribution in [0, 0.1) is 5.82 Å². The summed E-state index contributed by atoms with van der Waals surface area (Å²) in [5, 5.41) is 1.57. The lowest BCUT2D eigenvalue weighted by Crippen LogP contribution is -2.35. The van der Waals surface area contributed by atoms with Gasteiger partial charge in [-0.05, 0) is 64.0 Å². The number of anilines is 1. The van der Waals surface area contributed by atoms with E-state index >= 15 is 0 Å². The van der Waals surface area contributed by atoms with Gasteiger partial charge in [0.05, 0.1) is 10.2 Å². The van der Waals surface area contributed by atoms with Gasteiger partial charge in [0.15, 0.2) is 0 Å². The van der Waals surface area contributed by atoms with E-state index in [-0.39, 0.29) is 18.0 Å². The van der Waals surface area contributed by atoms with Crippen molar-refractivity contribution in [3.63, 3.8) is 0 Å². The number of halogens is 3. The van der Waals surface area contributed by atoms with E-state index in [2.05, 4.69) is 21.4 Å². The molecule has 0 unspecified atom stereocenters. The molecule has 1 N–H and O–H groups in total. The Morgan fingerprint density at radius 2 is 1.84 bits per heavy atom. The number of hydrogen-bond acceptors (Lipinski definition) is 3. The van der Waals surface area contributed by atoms with Crippen molar-refractivity contribution in [3.8, 4) is 5.75 Å². The quantitative estimate of drug-likeness (QED) is 0.382. The van der Waals surface area contributed by atoms with Crippen molar-refractivity contribution >= 4 is 51.1 Å². The number of rotatable bonds is 5. The van der Waals surface area contributed by atoms with E-state index < -0.39 is 11.8 Å². The summed E-state index contributed by atoms with van der Waals surface area (Å²) < 4.78 is 19.9. The Labute approximate surface area is 191 Å². The molecule has 1 heterocycles. The molecule has 3 aromatic rings. The fourth-order valence-corrected chi connectivity index (χ4v) is 4.04. The largest absolute Gasteiger partial charge is 0.487 e. The number of hydrogen-bond donors (Lipinski definition) is 1. The molecule has 0 radical (unpaired) electrons. The Morgan fingerprint density at radius 3 is 2.58 bits per heavy atom. The standard InChI is InChI=1S/C23H15BrClFN2O3/c24-20-12-16(25)10-15(21(20)31-13-14-5-4-6-17(26)9-14)11-19-22(29)27-28(23(19)30)18-7-2-1-3-8-18/h1-12H,13H2,(H,27,29)/b19-11-. The predicted molar refractivity (Wildman–Crippen MR) is 120 cm³/mol. The van der Waals surface area contributed by atoms with E-state index in [1.165, 1.54) is 23.2 Å². The molecule has 1 fully saturated rings. The minimum Gasteiger partial charge on any atom is -0.487 e. The van der Waals surface area contributed by atoms with E-state index in [0.29, 0.717) is 32.1 Å². The maximum atomic E-state index is 13.5. The third-order valence-electron chi connectivity index (χ3n) is 4.52. The summed E-state index contributed by atoms with van der Waals surface area (Å²) in [6.07, 6.45) is 1.43. The summed E-state index contributed by atoms with van der Waals surface area (Å²) in [6, 6.07) is 18.0. The van der Waals surface area contributed by atoms with Crippen LogP contribution >= 0.6 is 27.5 Å². The molecule has 156 valence electrons. The van der Waals surface area contributed by atoms with Crippen molar-refractivity contribution in [2.24, 2.45) is 0 Å². The van der Waals surface area contributed by atoms with Crippen LogP contribution in [-0.2, 0) is 16.2 Å². The van der Waals surface area contributed by atoms with Crippen molar-refractivity contribution in [1.29, 1.82) is 0 Å². The number of nitrogens with zero attached hydrogens (tertiary/aromatic N) is 1. The Morgan fingerprint density at radius 1 is 1.06 bits per heavy atom. The van der Waals surface area contributed by atoms with E-state index in [4.69, 9.17) is 16.3 Å². The lowest BCUT2D eigenvalue weighted by molar-refractivity contribution is -0.117. The molecule has 1 saturated heterocycles. The van der Waals surface area contributed by atoms with Gasteiger partial charge in [-0.3, -0.25) is 15.0 Å². The molecule has 0 spiro atoms. The minimum absolute atomic E-state index is 0.0615. The number of hydrazine groups is 1. The maximum Gasteiger partial charge on any atom is 0.282 e. The zero-order valence-electron chi connectivity index (χ0n) is 15.9. The van der Waals surface area contributed by atoms with Gasteiger partial charge in [-0.25, -0.2) is 9.40 Å². The average molecular weight is 502 g/mol. The zero-order valence-corrected chi connectivity index (χ0v) is 18.3. The molecule has 0 bridgehead atoms. The third-order valence-corrected chi connectivity index (χ3v) is 5.32. The van der Waals surface area contributed by atoms with Gasteiger partial charge in [-0.1, -0.05) is 41.9 Å². The third kappa shape index (κ3) is 4.62. The minimum atomic E-state index is -0.541. The highest BCUT2D eigenvalue weighted by molar-refractivity contribution is 9.10. The van der Waals surface area contributed by atoms with E-state index in [1.807, 2.05) is 6.07 Å². The average Bonchev–Trinajstić information content (AvgIpc) is 3.02. The molecular formula is C23H15BrClFN2O3. The topological polar surface area (TPSA) is 58.6 Å². The molecule has 0 atom stereocenters. The van der Waals surface area contributed by atoms with Gasteiger partial charge in [0.1, 0.15) is 23.7 Å². The lowest BCUT2D eigenvalue weighted by Gasteiger charge is -2.14. The summed E-state index contributed by atoms with van der Waals surface area (Å²) >= 11 is 9.59. The van der Waals surface area contributed by atoms with Gasteiger partial charge in [0.2, 0.25) is 0 Å². The van der Waals surface area contributed by atoms with Gasteiger partial charge in [-0.2, -0.15) is 0 Å². The van der Waals surface area contributed by atoms with Crippen LogP contribution in [0.5, 0.6) is 5.75 Å². The monoisotopic (exact) mass is 500 g/mol. The number of carbonyl (C=O) groups excluding carboxylic acids is 2. The van der Waals surface area contributed by atoms with Gasteiger partial charge < -0.3 is 4.74 Å². The lowest BCUT2D eigenvalue weighted by atomic mass is 10.1. The Balaban J connectivity index is 1.66. The summed E-state index contributed by atoms with van der Waals surface area (Å²) in [5.74, 6) is -1.03. The number of benzene rings is 3. The second kappa shape index (κ2) is 8.91. The zero-order chi connectivity index (χ0) is 22.0. The first-order valence-corrected chi connectivity index (χ1v) is 10.4. The van der Waals surface area contributed by atoms with E-state index in [9.17, 15) is 14.0 Å². The maximum absolute atomic E-state index is 13.5. The van der Waals surface area contributed by atoms with Gasteiger partial charge in [0.25, 0.3) is 11.8 Å². The first kappa shape index (κ1) is 21.1. The van der Waals surface area contributed by atoms with E-state index in [1.54, 1.807) is 48.5 Å². The summed E-state index contributed by atoms with van der Waals surface area (Å²) in [4.78, 5) is 25.4. The smallest absolute Gasteiger partial charge is 0.282 e. The first-order chi connectivity index (χ1) is 14.9. The second-order valence-corrected chi connectivity index (χ2v) is 7.99. The first-order valence-electron chi connectivity index (χ1n) is 9.21. The molecule has 3 aromatic carbocycles. The summed E-state index contributed by atoms with van der Waals surface area (Å²) in [5.41, 5.74) is 4.10. The van der Waals surface area contributed by atoms with Crippen molar-refractivity contribution in [1.82, 2.24) is 5.43 Å². The van der Waals surface area contributed by atoms with Crippen LogP contribution in [0.2, 0.25) is 5.02 Å². The molecule has 31 heavy (non-hydrogen) atoms. The van der Waals surface area contributed by atoms with Crippen LogP contribution in [0.25, 0.3) is 6.08 Å². The number of para-hydroxylation sites is 1. The van der Waals surface area contributed by atoms with Crippen molar-refractivity contribution in [2.75, 3.05) is 5.01 Å². The van der Waals surface area contributed by atoms with Crippen LogP contribution in [0.1, 0.15) is 11.1 Å². The second-order valence-electron chi connectivity index (χ2n) is 6.70. The summed E-state index contributed by atoms with van der Waals surface area (Å²) in [6.45, 7) is 0.0877. The highest BCUT2D eigenvalue weighted by Gasteiger charge is 2.34. The Hall–Kier alpha value is -3.16. The van der Waals surface area contributed by atoms with Crippen LogP contribution in [0.4, 0.5) is 10.1 Å². The fraction of sp³-hybridized carbons (Fsp3) is 0.0435. The highest BCUT2D eigenvalue weighted by Crippen LogP contribution is 2.35. The van der Waals surface area contributed by atoms with Crippen LogP contribution in [-0.4, -0.2) is 11.8 Å². The van der Waals surface area contributed by atoms with Crippen molar-refractivity contribution < 1.29 is 18.7 Å². The van der Waals surface area contributed by atoms with Crippen molar-refractivity contribution in [3.05, 3.63) is 98.7 Å². The molecule has 0 aromatic heterocycles. The van der Waals surface area contributed by atoms with Gasteiger partial charge in [0, 0.05) is 10.6 Å². The molecule has 2 amide bonds. The number of carbonyl (C=O) groups is 2. The number of nitrogens with one attached hydrogen (secondary N) is 1. The molecule has 8 heteroatoms. The molecule has 0 saturated carbocycles. The van der Waals surface area contributed by atoms with Gasteiger partial charge in [-0.15, -0.1) is 0 Å². The Kier molecular flexibility index (Phi) is 6.06. The van der Waals surface area contributed by atoms with Gasteiger partial charge >= 0.3 is 0 Å². The number of amides is 2. The highest BCUT2D eigenvalue weighted by atomic mass is 79.9. The van der Waals surface area contributed by atoms with E-state index in [0.717, 1.165) is 0 Å². The van der Waals surface area contributed by atoms with Crippen LogP contribution in [0.3, 0.4) is 0 Å². The molecule has 0 aliphatic carbocycles. The Bertz CT molecular complexity index is 1200. The fourth-order valence-electron chi connectivity index (χ4n) is 3.09. The molecule has 4 rings (SSSR count). The number of ether oxygens (including phenoxy) is 1. The normalized spacial score (nSPS) is 14.8. The predicted octanol–water partition coefficient (Wildman–Crippen LogP) is 5.28. The van der Waals surface area contributed by atoms with Crippen molar-refractivity contribution in [2.45, 2.75) is 6.61 Å². The molecule has 5 nitrogen and oxygen atoms in total. The van der Waals surface area contributed by atoms with Crippen LogP contribution < -0.4 is 15.2 Å². The summed E-state index contributed by atoms with van der Waals surface area (Å²) in [7, 11) is 0. The molecule has 1 aliphatic rings.